The minimum absolute atomic E-state index is 0.490. The van der Waals surface area contributed by atoms with Crippen molar-refractivity contribution in [2.75, 3.05) is 0 Å². The second-order valence-corrected chi connectivity index (χ2v) is 3.65. The van der Waals surface area contributed by atoms with Crippen LogP contribution in [-0.4, -0.2) is 16.3 Å². The van der Waals surface area contributed by atoms with E-state index in [1.807, 2.05) is 31.2 Å². The number of benzene rings is 1. The highest BCUT2D eigenvalue weighted by atomic mass is 19.4. The van der Waals surface area contributed by atoms with Crippen LogP contribution in [0.25, 0.3) is 11.3 Å². The Morgan fingerprint density at radius 3 is 2.17 bits per heavy atom. The highest BCUT2D eigenvalue weighted by molar-refractivity contribution is 5.58. The number of rotatable bonds is 2. The van der Waals surface area contributed by atoms with Gasteiger partial charge in [-0.3, -0.25) is 0 Å². The summed E-state index contributed by atoms with van der Waals surface area (Å²) >= 11 is 0. The van der Waals surface area contributed by atoms with Crippen LogP contribution >= 0.6 is 0 Å². The third-order valence-corrected chi connectivity index (χ3v) is 2.20. The van der Waals surface area contributed by atoms with Gasteiger partial charge in [-0.05, 0) is 6.92 Å². The summed E-state index contributed by atoms with van der Waals surface area (Å²) in [6.07, 6.45) is -2.56. The van der Waals surface area contributed by atoms with Crippen molar-refractivity contribution in [1.82, 2.24) is 9.97 Å². The van der Waals surface area contributed by atoms with Gasteiger partial charge in [0.25, 0.3) is 0 Å². The molecule has 0 N–H and O–H groups in total. The third-order valence-electron chi connectivity index (χ3n) is 2.20. The fraction of sp³-hybridized carbons (Fsp3) is 0.167. The van der Waals surface area contributed by atoms with Crippen LogP contribution < -0.4 is 4.74 Å². The van der Waals surface area contributed by atoms with E-state index in [-0.39, 0.29) is 0 Å². The number of halogens is 3. The molecule has 2 rings (SSSR count). The van der Waals surface area contributed by atoms with Crippen LogP contribution in [0.5, 0.6) is 5.88 Å². The van der Waals surface area contributed by atoms with Crippen molar-refractivity contribution in [2.45, 2.75) is 13.3 Å². The molecule has 0 amide bonds. The van der Waals surface area contributed by atoms with E-state index in [2.05, 4.69) is 14.7 Å². The van der Waals surface area contributed by atoms with E-state index < -0.39 is 12.2 Å². The van der Waals surface area contributed by atoms with Gasteiger partial charge in [-0.1, -0.05) is 29.8 Å². The van der Waals surface area contributed by atoms with Crippen LogP contribution in [-0.2, 0) is 0 Å². The van der Waals surface area contributed by atoms with Gasteiger partial charge in [0, 0.05) is 5.56 Å². The number of hydrogen-bond donors (Lipinski definition) is 0. The summed E-state index contributed by atoms with van der Waals surface area (Å²) < 4.78 is 39.4. The van der Waals surface area contributed by atoms with Crippen molar-refractivity contribution >= 4 is 0 Å². The predicted octanol–water partition coefficient (Wildman–Crippen LogP) is 3.35. The van der Waals surface area contributed by atoms with E-state index >= 15 is 0 Å². The van der Waals surface area contributed by atoms with Gasteiger partial charge in [-0.15, -0.1) is 13.2 Å². The van der Waals surface area contributed by atoms with Crippen LogP contribution in [0.15, 0.2) is 36.7 Å². The predicted molar refractivity (Wildman–Crippen MR) is 58.9 cm³/mol. The molecule has 0 aliphatic rings. The standard InChI is InChI=1S/C12H9F3N2O/c1-8-2-4-9(5-3-8)10-6-17-11(7-16-10)18-12(13,14)15/h2-7H,1H3. The summed E-state index contributed by atoms with van der Waals surface area (Å²) in [7, 11) is 0. The van der Waals surface area contributed by atoms with Crippen LogP contribution in [0.2, 0.25) is 0 Å². The molecular weight excluding hydrogens is 245 g/mol. The van der Waals surface area contributed by atoms with Crippen LogP contribution in [0.1, 0.15) is 5.56 Å². The van der Waals surface area contributed by atoms with E-state index in [9.17, 15) is 13.2 Å². The number of hydrogen-bond acceptors (Lipinski definition) is 3. The molecule has 3 nitrogen and oxygen atoms in total. The Labute approximate surface area is 101 Å². The lowest BCUT2D eigenvalue weighted by Gasteiger charge is -2.07. The molecule has 0 spiro atoms. The monoisotopic (exact) mass is 254 g/mol. The minimum Gasteiger partial charge on any atom is -0.386 e. The van der Waals surface area contributed by atoms with Gasteiger partial charge in [0.1, 0.15) is 0 Å². The van der Waals surface area contributed by atoms with Gasteiger partial charge in [0.2, 0.25) is 5.88 Å². The first-order valence-electron chi connectivity index (χ1n) is 5.09. The Hall–Kier alpha value is -2.11. The summed E-state index contributed by atoms with van der Waals surface area (Å²) in [4.78, 5) is 7.43. The molecule has 18 heavy (non-hydrogen) atoms. The van der Waals surface area contributed by atoms with Gasteiger partial charge in [-0.25, -0.2) is 9.97 Å². The number of alkyl halides is 3. The lowest BCUT2D eigenvalue weighted by molar-refractivity contribution is -0.276. The normalized spacial score (nSPS) is 11.3. The lowest BCUT2D eigenvalue weighted by Crippen LogP contribution is -2.18. The minimum atomic E-state index is -4.75. The van der Waals surface area contributed by atoms with Gasteiger partial charge in [-0.2, -0.15) is 0 Å². The van der Waals surface area contributed by atoms with E-state index in [4.69, 9.17) is 0 Å². The molecule has 0 atom stereocenters. The Balaban J connectivity index is 2.20. The topological polar surface area (TPSA) is 35.0 Å². The summed E-state index contributed by atoms with van der Waals surface area (Å²) in [5.41, 5.74) is 2.36. The molecule has 2 aromatic rings. The van der Waals surface area contributed by atoms with Gasteiger partial charge in [0.15, 0.2) is 0 Å². The Morgan fingerprint density at radius 2 is 1.67 bits per heavy atom. The highest BCUT2D eigenvalue weighted by Gasteiger charge is 2.31. The van der Waals surface area contributed by atoms with Crippen molar-refractivity contribution in [2.24, 2.45) is 0 Å². The molecule has 0 bridgehead atoms. The maximum atomic E-state index is 11.9. The molecule has 0 saturated carbocycles. The van der Waals surface area contributed by atoms with E-state index in [1.165, 1.54) is 6.20 Å². The number of nitrogens with zero attached hydrogens (tertiary/aromatic N) is 2. The van der Waals surface area contributed by atoms with Crippen molar-refractivity contribution in [3.63, 3.8) is 0 Å². The first kappa shape index (κ1) is 12.3. The molecular formula is C12H9F3N2O. The van der Waals surface area contributed by atoms with Crippen molar-refractivity contribution in [1.29, 1.82) is 0 Å². The summed E-state index contributed by atoms with van der Waals surface area (Å²) in [5.74, 6) is -0.571. The number of aryl methyl sites for hydroxylation is 1. The SMILES string of the molecule is Cc1ccc(-c2cnc(OC(F)(F)F)cn2)cc1. The Kier molecular flexibility index (Phi) is 3.18. The first-order chi connectivity index (χ1) is 8.44. The Bertz CT molecular complexity index is 521. The van der Waals surface area contributed by atoms with Gasteiger partial charge < -0.3 is 4.74 Å². The lowest BCUT2D eigenvalue weighted by atomic mass is 10.1. The summed E-state index contributed by atoms with van der Waals surface area (Å²) in [6.45, 7) is 1.94. The van der Waals surface area contributed by atoms with Crippen LogP contribution in [0.3, 0.4) is 0 Å². The first-order valence-corrected chi connectivity index (χ1v) is 5.09. The van der Waals surface area contributed by atoms with Crippen molar-refractivity contribution in [3.05, 3.63) is 42.2 Å². The molecule has 1 heterocycles. The van der Waals surface area contributed by atoms with Crippen LogP contribution in [0.4, 0.5) is 13.2 Å². The molecule has 6 heteroatoms. The van der Waals surface area contributed by atoms with Gasteiger partial charge in [0.05, 0.1) is 18.1 Å². The zero-order chi connectivity index (χ0) is 13.2. The van der Waals surface area contributed by atoms with E-state index in [1.54, 1.807) is 0 Å². The molecule has 0 fully saturated rings. The molecule has 94 valence electrons. The molecule has 0 radical (unpaired) electrons. The molecule has 0 aliphatic heterocycles. The second-order valence-electron chi connectivity index (χ2n) is 3.65. The average Bonchev–Trinajstić information content (AvgIpc) is 2.29. The highest BCUT2D eigenvalue weighted by Crippen LogP contribution is 2.22. The smallest absolute Gasteiger partial charge is 0.386 e. The van der Waals surface area contributed by atoms with E-state index in [0.717, 1.165) is 17.3 Å². The maximum absolute atomic E-state index is 11.9. The van der Waals surface area contributed by atoms with Crippen LogP contribution in [0, 0.1) is 6.92 Å². The fourth-order valence-corrected chi connectivity index (χ4v) is 1.36. The Morgan fingerprint density at radius 1 is 1.00 bits per heavy atom. The molecule has 0 unspecified atom stereocenters. The third kappa shape index (κ3) is 3.19. The largest absolute Gasteiger partial charge is 0.574 e. The van der Waals surface area contributed by atoms with E-state index in [0.29, 0.717) is 5.69 Å². The summed E-state index contributed by atoms with van der Waals surface area (Å²) in [6, 6.07) is 7.42. The zero-order valence-corrected chi connectivity index (χ0v) is 9.40. The number of ether oxygens (including phenoxy) is 1. The fourth-order valence-electron chi connectivity index (χ4n) is 1.36. The average molecular weight is 254 g/mol. The second kappa shape index (κ2) is 4.64. The quantitative estimate of drug-likeness (QED) is 0.824. The molecule has 1 aromatic heterocycles. The van der Waals surface area contributed by atoms with Crippen molar-refractivity contribution in [3.8, 4) is 17.1 Å². The molecule has 0 aliphatic carbocycles. The summed E-state index contributed by atoms with van der Waals surface area (Å²) in [5, 5.41) is 0. The van der Waals surface area contributed by atoms with Gasteiger partial charge >= 0.3 is 6.36 Å². The van der Waals surface area contributed by atoms with Crippen molar-refractivity contribution < 1.29 is 17.9 Å². The zero-order valence-electron chi connectivity index (χ0n) is 9.40. The molecule has 1 aromatic carbocycles. The molecule has 0 saturated heterocycles. The maximum Gasteiger partial charge on any atom is 0.574 e. The number of aromatic nitrogens is 2.